The molecule has 0 aromatic heterocycles. The van der Waals surface area contributed by atoms with Crippen molar-refractivity contribution in [2.75, 3.05) is 27.4 Å². The number of ether oxygens (including phenoxy) is 2. The van der Waals surface area contributed by atoms with Crippen molar-refractivity contribution in [3.8, 4) is 5.75 Å². The number of hydrogen-bond donors (Lipinski definition) is 1. The standard InChI is InChI=1S/C16H26FNO2/c1-12(18-11-16(2,3)8-9-19-4)13-6-7-15(20-5)14(17)10-13/h6-7,10,12,18H,8-9,11H2,1-5H3. The van der Waals surface area contributed by atoms with Crippen LogP contribution in [0.15, 0.2) is 18.2 Å². The maximum absolute atomic E-state index is 13.7. The zero-order valence-electron chi connectivity index (χ0n) is 13.1. The van der Waals surface area contributed by atoms with E-state index in [2.05, 4.69) is 19.2 Å². The molecule has 1 aromatic rings. The first-order valence-corrected chi connectivity index (χ1v) is 6.95. The molecule has 4 heteroatoms. The summed E-state index contributed by atoms with van der Waals surface area (Å²) in [7, 11) is 3.18. The molecule has 0 aliphatic carbocycles. The Hall–Kier alpha value is -1.13. The number of halogens is 1. The van der Waals surface area contributed by atoms with Gasteiger partial charge in [-0.15, -0.1) is 0 Å². The van der Waals surface area contributed by atoms with E-state index in [0.717, 1.165) is 25.1 Å². The van der Waals surface area contributed by atoms with Gasteiger partial charge in [-0.2, -0.15) is 0 Å². The lowest BCUT2D eigenvalue weighted by Crippen LogP contribution is -2.32. The number of hydrogen-bond acceptors (Lipinski definition) is 3. The lowest BCUT2D eigenvalue weighted by Gasteiger charge is -2.27. The molecule has 0 saturated heterocycles. The third kappa shape index (κ3) is 5.10. The van der Waals surface area contributed by atoms with Crippen molar-refractivity contribution in [3.63, 3.8) is 0 Å². The van der Waals surface area contributed by atoms with Crippen molar-refractivity contribution >= 4 is 0 Å². The van der Waals surface area contributed by atoms with Gasteiger partial charge in [-0.25, -0.2) is 4.39 Å². The summed E-state index contributed by atoms with van der Waals surface area (Å²) in [5.74, 6) is -0.0429. The van der Waals surface area contributed by atoms with Gasteiger partial charge in [0.1, 0.15) is 0 Å². The van der Waals surface area contributed by atoms with Gasteiger partial charge in [-0.05, 0) is 36.5 Å². The van der Waals surface area contributed by atoms with Crippen LogP contribution in [0.3, 0.4) is 0 Å². The second-order valence-corrected chi connectivity index (χ2v) is 5.90. The topological polar surface area (TPSA) is 30.5 Å². The fourth-order valence-corrected chi connectivity index (χ4v) is 1.97. The Labute approximate surface area is 121 Å². The van der Waals surface area contributed by atoms with E-state index < -0.39 is 0 Å². The lowest BCUT2D eigenvalue weighted by atomic mass is 9.89. The number of nitrogens with one attached hydrogen (secondary N) is 1. The lowest BCUT2D eigenvalue weighted by molar-refractivity contribution is 0.149. The number of rotatable bonds is 8. The van der Waals surface area contributed by atoms with Crippen molar-refractivity contribution in [2.45, 2.75) is 33.2 Å². The third-order valence-corrected chi connectivity index (χ3v) is 3.55. The molecule has 0 aliphatic heterocycles. The average Bonchev–Trinajstić information content (AvgIpc) is 2.42. The SMILES string of the molecule is COCCC(C)(C)CNC(C)c1ccc(OC)c(F)c1. The first-order valence-electron chi connectivity index (χ1n) is 6.95. The summed E-state index contributed by atoms with van der Waals surface area (Å²) in [6.07, 6.45) is 0.986. The van der Waals surface area contributed by atoms with Gasteiger partial charge in [0.15, 0.2) is 11.6 Å². The monoisotopic (exact) mass is 283 g/mol. The zero-order valence-corrected chi connectivity index (χ0v) is 13.1. The van der Waals surface area contributed by atoms with Gasteiger partial charge < -0.3 is 14.8 Å². The van der Waals surface area contributed by atoms with Gasteiger partial charge >= 0.3 is 0 Å². The Morgan fingerprint density at radius 3 is 2.55 bits per heavy atom. The van der Waals surface area contributed by atoms with Gasteiger partial charge in [-0.3, -0.25) is 0 Å². The molecule has 3 nitrogen and oxygen atoms in total. The molecular weight excluding hydrogens is 257 g/mol. The van der Waals surface area contributed by atoms with Gasteiger partial charge in [0.05, 0.1) is 7.11 Å². The quantitative estimate of drug-likeness (QED) is 0.791. The van der Waals surface area contributed by atoms with Crippen LogP contribution in [0.4, 0.5) is 4.39 Å². The molecule has 0 heterocycles. The molecule has 1 rings (SSSR count). The minimum atomic E-state index is -0.322. The van der Waals surface area contributed by atoms with Crippen LogP contribution in [-0.2, 0) is 4.74 Å². The fourth-order valence-electron chi connectivity index (χ4n) is 1.97. The van der Waals surface area contributed by atoms with Crippen LogP contribution in [0.2, 0.25) is 0 Å². The van der Waals surface area contributed by atoms with Crippen LogP contribution in [0, 0.1) is 11.2 Å². The largest absolute Gasteiger partial charge is 0.494 e. The summed E-state index contributed by atoms with van der Waals surface area (Å²) >= 11 is 0. The van der Waals surface area contributed by atoms with E-state index in [1.54, 1.807) is 13.2 Å². The molecule has 0 saturated carbocycles. The normalized spacial score (nSPS) is 13.3. The number of benzene rings is 1. The Morgan fingerprint density at radius 1 is 1.30 bits per heavy atom. The average molecular weight is 283 g/mol. The molecular formula is C16H26FNO2. The van der Waals surface area contributed by atoms with Crippen LogP contribution in [0.5, 0.6) is 5.75 Å². The van der Waals surface area contributed by atoms with Crippen LogP contribution in [-0.4, -0.2) is 27.4 Å². The molecule has 1 aromatic carbocycles. The van der Waals surface area contributed by atoms with Gasteiger partial charge in [0.25, 0.3) is 0 Å². The van der Waals surface area contributed by atoms with Crippen LogP contribution in [0.1, 0.15) is 38.8 Å². The second kappa shape index (κ2) is 7.60. The van der Waals surface area contributed by atoms with Crippen LogP contribution in [0.25, 0.3) is 0 Å². The van der Waals surface area contributed by atoms with E-state index >= 15 is 0 Å². The van der Waals surface area contributed by atoms with Crippen molar-refractivity contribution in [2.24, 2.45) is 5.41 Å². The minimum Gasteiger partial charge on any atom is -0.494 e. The highest BCUT2D eigenvalue weighted by Gasteiger charge is 2.19. The molecule has 0 bridgehead atoms. The van der Waals surface area contributed by atoms with Crippen LogP contribution >= 0.6 is 0 Å². The molecule has 0 fully saturated rings. The summed E-state index contributed by atoms with van der Waals surface area (Å²) in [5, 5.41) is 3.45. The second-order valence-electron chi connectivity index (χ2n) is 5.90. The van der Waals surface area contributed by atoms with Gasteiger partial charge in [0, 0.05) is 26.3 Å². The third-order valence-electron chi connectivity index (χ3n) is 3.55. The van der Waals surface area contributed by atoms with Gasteiger partial charge in [0.2, 0.25) is 0 Å². The van der Waals surface area contributed by atoms with Gasteiger partial charge in [-0.1, -0.05) is 19.9 Å². The molecule has 0 spiro atoms. The molecule has 114 valence electrons. The van der Waals surface area contributed by atoms with E-state index in [1.165, 1.54) is 13.2 Å². The van der Waals surface area contributed by atoms with E-state index in [-0.39, 0.29) is 23.0 Å². The molecule has 20 heavy (non-hydrogen) atoms. The first kappa shape index (κ1) is 16.9. The van der Waals surface area contributed by atoms with Crippen molar-refractivity contribution in [3.05, 3.63) is 29.6 Å². The molecule has 1 N–H and O–H groups in total. The van der Waals surface area contributed by atoms with Crippen molar-refractivity contribution in [1.29, 1.82) is 0 Å². The minimum absolute atomic E-state index is 0.0947. The summed E-state index contributed by atoms with van der Waals surface area (Å²) in [4.78, 5) is 0. The van der Waals surface area contributed by atoms with E-state index in [0.29, 0.717) is 0 Å². The first-order chi connectivity index (χ1) is 9.39. The van der Waals surface area contributed by atoms with Crippen LogP contribution < -0.4 is 10.1 Å². The highest BCUT2D eigenvalue weighted by atomic mass is 19.1. The molecule has 0 aliphatic rings. The van der Waals surface area contributed by atoms with Crippen molar-refractivity contribution < 1.29 is 13.9 Å². The Bertz CT molecular complexity index is 421. The Kier molecular flexibility index (Phi) is 6.43. The molecule has 0 radical (unpaired) electrons. The summed E-state index contributed by atoms with van der Waals surface area (Å²) in [6.45, 7) is 8.03. The summed E-state index contributed by atoms with van der Waals surface area (Å²) < 4.78 is 23.7. The predicted octanol–water partition coefficient (Wildman–Crippen LogP) is 3.55. The maximum Gasteiger partial charge on any atom is 0.165 e. The Balaban J connectivity index is 2.58. The van der Waals surface area contributed by atoms with E-state index in [9.17, 15) is 4.39 Å². The molecule has 0 amide bonds. The predicted molar refractivity (Wildman–Crippen MR) is 79.6 cm³/mol. The maximum atomic E-state index is 13.7. The smallest absolute Gasteiger partial charge is 0.165 e. The molecule has 1 atom stereocenters. The fraction of sp³-hybridized carbons (Fsp3) is 0.625. The highest BCUT2D eigenvalue weighted by Crippen LogP contribution is 2.24. The van der Waals surface area contributed by atoms with E-state index in [1.807, 2.05) is 13.0 Å². The summed E-state index contributed by atoms with van der Waals surface area (Å²) in [6, 6.07) is 5.18. The Morgan fingerprint density at radius 2 is 2.00 bits per heavy atom. The number of methoxy groups -OCH3 is 2. The molecule has 1 unspecified atom stereocenters. The van der Waals surface area contributed by atoms with Crippen molar-refractivity contribution in [1.82, 2.24) is 5.32 Å². The highest BCUT2D eigenvalue weighted by molar-refractivity contribution is 5.30. The zero-order chi connectivity index (χ0) is 15.2. The van der Waals surface area contributed by atoms with E-state index in [4.69, 9.17) is 9.47 Å². The summed E-state index contributed by atoms with van der Waals surface area (Å²) in [5.41, 5.74) is 1.07.